The Morgan fingerprint density at radius 1 is 1.27 bits per heavy atom. The molecule has 0 aromatic heterocycles. The molecule has 0 fully saturated rings. The van der Waals surface area contributed by atoms with Crippen molar-refractivity contribution in [2.24, 2.45) is 0 Å². The standard InChI is InChI=1S/C13H14F4N2O3/c1-7-3-8(19-6-13(15,16)17)4-9(14)11(7)12(21)18-5-10(20)22-2/h3-4,19H,5-6H2,1-2H3,(H,18,21). The van der Waals surface area contributed by atoms with E-state index in [1.807, 2.05) is 5.32 Å². The zero-order valence-electron chi connectivity index (χ0n) is 11.8. The lowest BCUT2D eigenvalue weighted by molar-refractivity contribution is -0.139. The van der Waals surface area contributed by atoms with Gasteiger partial charge in [0.1, 0.15) is 18.9 Å². The van der Waals surface area contributed by atoms with Crippen molar-refractivity contribution in [1.82, 2.24) is 5.32 Å². The van der Waals surface area contributed by atoms with E-state index in [-0.39, 0.29) is 16.8 Å². The van der Waals surface area contributed by atoms with Crippen molar-refractivity contribution < 1.29 is 31.9 Å². The molecular formula is C13H14F4N2O3. The van der Waals surface area contributed by atoms with Crippen LogP contribution in [0.5, 0.6) is 0 Å². The molecule has 0 radical (unpaired) electrons. The number of methoxy groups -OCH3 is 1. The average molecular weight is 322 g/mol. The Kier molecular flexibility index (Phi) is 5.72. The number of anilines is 1. The molecule has 0 spiro atoms. The third kappa shape index (κ3) is 5.23. The Morgan fingerprint density at radius 2 is 1.91 bits per heavy atom. The van der Waals surface area contributed by atoms with Crippen LogP contribution < -0.4 is 10.6 Å². The average Bonchev–Trinajstić information content (AvgIpc) is 2.41. The number of carbonyl (C=O) groups is 2. The van der Waals surface area contributed by atoms with Crippen LogP contribution in [0.3, 0.4) is 0 Å². The molecule has 122 valence electrons. The maximum Gasteiger partial charge on any atom is 0.405 e. The van der Waals surface area contributed by atoms with Crippen molar-refractivity contribution in [3.63, 3.8) is 0 Å². The third-order valence-corrected chi connectivity index (χ3v) is 2.63. The first kappa shape index (κ1) is 17.7. The number of amides is 1. The molecule has 0 unspecified atom stereocenters. The molecule has 9 heteroatoms. The summed E-state index contributed by atoms with van der Waals surface area (Å²) in [6.45, 7) is -0.392. The zero-order chi connectivity index (χ0) is 16.9. The molecule has 1 aromatic carbocycles. The number of nitrogens with one attached hydrogen (secondary N) is 2. The minimum Gasteiger partial charge on any atom is -0.468 e. The largest absolute Gasteiger partial charge is 0.468 e. The van der Waals surface area contributed by atoms with Gasteiger partial charge in [-0.2, -0.15) is 13.2 Å². The smallest absolute Gasteiger partial charge is 0.405 e. The van der Waals surface area contributed by atoms with E-state index >= 15 is 0 Å². The maximum atomic E-state index is 13.9. The van der Waals surface area contributed by atoms with Crippen molar-refractivity contribution in [1.29, 1.82) is 0 Å². The van der Waals surface area contributed by atoms with E-state index in [1.54, 1.807) is 0 Å². The highest BCUT2D eigenvalue weighted by Gasteiger charge is 2.27. The fourth-order valence-corrected chi connectivity index (χ4v) is 1.65. The van der Waals surface area contributed by atoms with Crippen LogP contribution in [-0.2, 0) is 9.53 Å². The number of esters is 1. The first-order valence-electron chi connectivity index (χ1n) is 6.10. The zero-order valence-corrected chi connectivity index (χ0v) is 11.8. The van der Waals surface area contributed by atoms with Gasteiger partial charge in [0.15, 0.2) is 0 Å². The second-order valence-electron chi connectivity index (χ2n) is 4.38. The predicted octanol–water partition coefficient (Wildman–Crippen LogP) is 2.01. The Morgan fingerprint density at radius 3 is 2.41 bits per heavy atom. The van der Waals surface area contributed by atoms with Gasteiger partial charge in [0, 0.05) is 5.69 Å². The van der Waals surface area contributed by atoms with Crippen LogP contribution in [0.1, 0.15) is 15.9 Å². The molecule has 0 aliphatic rings. The molecule has 0 aliphatic heterocycles. The van der Waals surface area contributed by atoms with Crippen LogP contribution in [0, 0.1) is 12.7 Å². The van der Waals surface area contributed by atoms with Gasteiger partial charge in [0.25, 0.3) is 5.91 Å². The molecule has 1 rings (SSSR count). The van der Waals surface area contributed by atoms with E-state index in [0.717, 1.165) is 13.2 Å². The first-order valence-corrected chi connectivity index (χ1v) is 6.10. The van der Waals surface area contributed by atoms with Crippen LogP contribution in [0.2, 0.25) is 0 Å². The molecule has 0 heterocycles. The predicted molar refractivity (Wildman–Crippen MR) is 70.0 cm³/mol. The Labute approximate surface area is 123 Å². The molecular weight excluding hydrogens is 308 g/mol. The number of ether oxygens (including phenoxy) is 1. The highest BCUT2D eigenvalue weighted by Crippen LogP contribution is 2.21. The number of benzene rings is 1. The monoisotopic (exact) mass is 322 g/mol. The second-order valence-corrected chi connectivity index (χ2v) is 4.38. The van der Waals surface area contributed by atoms with Crippen LogP contribution in [0.25, 0.3) is 0 Å². The molecule has 0 bridgehead atoms. The molecule has 0 atom stereocenters. The van der Waals surface area contributed by atoms with Crippen molar-refractivity contribution in [3.05, 3.63) is 29.1 Å². The lowest BCUT2D eigenvalue weighted by Crippen LogP contribution is -2.31. The summed E-state index contributed by atoms with van der Waals surface area (Å²) in [4.78, 5) is 22.7. The Hall–Kier alpha value is -2.32. The van der Waals surface area contributed by atoms with Gasteiger partial charge in [-0.3, -0.25) is 9.59 Å². The van der Waals surface area contributed by atoms with Crippen molar-refractivity contribution in [2.75, 3.05) is 25.5 Å². The Bertz CT molecular complexity index is 550. The molecule has 22 heavy (non-hydrogen) atoms. The van der Waals surface area contributed by atoms with E-state index in [0.29, 0.717) is 0 Å². The van der Waals surface area contributed by atoms with Crippen molar-refractivity contribution >= 4 is 17.6 Å². The normalized spacial score (nSPS) is 11.0. The SMILES string of the molecule is COC(=O)CNC(=O)c1c(C)cc(NCC(F)(F)F)cc1F. The summed E-state index contributed by atoms with van der Waals surface area (Å²) in [6, 6.07) is 1.99. The molecule has 2 N–H and O–H groups in total. The van der Waals surface area contributed by atoms with Gasteiger partial charge in [0.2, 0.25) is 0 Å². The number of halogens is 4. The molecule has 0 saturated heterocycles. The molecule has 5 nitrogen and oxygen atoms in total. The van der Waals surface area contributed by atoms with Crippen LogP contribution >= 0.6 is 0 Å². The summed E-state index contributed by atoms with van der Waals surface area (Å²) in [7, 11) is 1.13. The van der Waals surface area contributed by atoms with Crippen LogP contribution in [0.4, 0.5) is 23.2 Å². The van der Waals surface area contributed by atoms with E-state index in [9.17, 15) is 27.2 Å². The highest BCUT2D eigenvalue weighted by atomic mass is 19.4. The third-order valence-electron chi connectivity index (χ3n) is 2.63. The number of hydrogen-bond acceptors (Lipinski definition) is 4. The minimum atomic E-state index is -4.44. The van der Waals surface area contributed by atoms with Gasteiger partial charge < -0.3 is 15.4 Å². The van der Waals surface area contributed by atoms with Crippen LogP contribution in [0.15, 0.2) is 12.1 Å². The lowest BCUT2D eigenvalue weighted by Gasteiger charge is -2.13. The highest BCUT2D eigenvalue weighted by molar-refractivity contribution is 5.97. The van der Waals surface area contributed by atoms with Gasteiger partial charge in [-0.05, 0) is 24.6 Å². The number of hydrogen-bond donors (Lipinski definition) is 2. The molecule has 1 amide bonds. The Balaban J connectivity index is 2.85. The molecule has 0 aliphatic carbocycles. The topological polar surface area (TPSA) is 67.4 Å². The summed E-state index contributed by atoms with van der Waals surface area (Å²) in [6.07, 6.45) is -4.44. The van der Waals surface area contributed by atoms with Gasteiger partial charge >= 0.3 is 12.1 Å². The van der Waals surface area contributed by atoms with Gasteiger partial charge in [0.05, 0.1) is 12.7 Å². The van der Waals surface area contributed by atoms with E-state index in [2.05, 4.69) is 10.1 Å². The second kappa shape index (κ2) is 7.10. The van der Waals surface area contributed by atoms with Gasteiger partial charge in [-0.1, -0.05) is 0 Å². The molecule has 0 saturated carbocycles. The summed E-state index contributed by atoms with van der Waals surface area (Å²) in [5, 5.41) is 4.17. The van der Waals surface area contributed by atoms with E-state index in [4.69, 9.17) is 0 Å². The van der Waals surface area contributed by atoms with Crippen LogP contribution in [-0.4, -0.2) is 38.3 Å². The summed E-state index contributed by atoms with van der Waals surface area (Å²) < 4.78 is 54.5. The minimum absolute atomic E-state index is 0.100. The van der Waals surface area contributed by atoms with Crippen molar-refractivity contribution in [3.8, 4) is 0 Å². The first-order chi connectivity index (χ1) is 10.1. The number of rotatable bonds is 5. The quantitative estimate of drug-likeness (QED) is 0.643. The molecule has 1 aromatic rings. The fourth-order valence-electron chi connectivity index (χ4n) is 1.65. The van der Waals surface area contributed by atoms with Gasteiger partial charge in [-0.15, -0.1) is 0 Å². The number of aryl methyl sites for hydroxylation is 1. The number of carbonyl (C=O) groups excluding carboxylic acids is 2. The van der Waals surface area contributed by atoms with E-state index in [1.165, 1.54) is 13.0 Å². The fraction of sp³-hybridized carbons (Fsp3) is 0.385. The van der Waals surface area contributed by atoms with Crippen molar-refractivity contribution in [2.45, 2.75) is 13.1 Å². The van der Waals surface area contributed by atoms with E-state index < -0.39 is 37.0 Å². The maximum absolute atomic E-state index is 13.9. The summed E-state index contributed by atoms with van der Waals surface area (Å²) in [5.74, 6) is -2.57. The lowest BCUT2D eigenvalue weighted by atomic mass is 10.1. The summed E-state index contributed by atoms with van der Waals surface area (Å²) in [5.41, 5.74) is -0.314. The summed E-state index contributed by atoms with van der Waals surface area (Å²) >= 11 is 0. The van der Waals surface area contributed by atoms with Gasteiger partial charge in [-0.25, -0.2) is 4.39 Å². The number of alkyl halides is 3.